The molecule has 2 N–H and O–H groups in total. The first kappa shape index (κ1) is 10.7. The molecular formula is C7H9BrN4O2. The summed E-state index contributed by atoms with van der Waals surface area (Å²) in [5.41, 5.74) is 5.24. The second-order valence-electron chi connectivity index (χ2n) is 2.85. The Labute approximate surface area is 89.0 Å². The van der Waals surface area contributed by atoms with Crippen LogP contribution >= 0.6 is 15.9 Å². The monoisotopic (exact) mass is 260 g/mol. The second kappa shape index (κ2) is 3.79. The summed E-state index contributed by atoms with van der Waals surface area (Å²) >= 11 is 3.19. The van der Waals surface area contributed by atoms with Crippen molar-refractivity contribution in [3.63, 3.8) is 0 Å². The molecule has 6 nitrogen and oxygen atoms in total. The van der Waals surface area contributed by atoms with Gasteiger partial charge in [-0.3, -0.25) is 10.1 Å². The molecule has 0 fully saturated rings. The lowest BCUT2D eigenvalue weighted by atomic mass is 10.3. The molecule has 0 atom stereocenters. The van der Waals surface area contributed by atoms with E-state index in [0.717, 1.165) is 0 Å². The van der Waals surface area contributed by atoms with Gasteiger partial charge in [0.2, 0.25) is 5.82 Å². The molecule has 0 saturated carbocycles. The van der Waals surface area contributed by atoms with Gasteiger partial charge in [-0.25, -0.2) is 4.98 Å². The van der Waals surface area contributed by atoms with E-state index in [4.69, 9.17) is 5.73 Å². The van der Waals surface area contributed by atoms with Gasteiger partial charge in [0.15, 0.2) is 0 Å². The molecule has 1 aromatic heterocycles. The summed E-state index contributed by atoms with van der Waals surface area (Å²) in [4.78, 5) is 15.6. The summed E-state index contributed by atoms with van der Waals surface area (Å²) in [5, 5.41) is 10.5. The van der Waals surface area contributed by atoms with E-state index in [1.165, 1.54) is 6.07 Å². The smallest absolute Gasteiger partial charge is 0.312 e. The number of nitrogens with zero attached hydrogens (tertiary/aromatic N) is 3. The van der Waals surface area contributed by atoms with Gasteiger partial charge in [0, 0.05) is 20.2 Å². The van der Waals surface area contributed by atoms with Gasteiger partial charge in [0.05, 0.1) is 9.40 Å². The zero-order valence-corrected chi connectivity index (χ0v) is 9.28. The van der Waals surface area contributed by atoms with Crippen LogP contribution in [0.5, 0.6) is 0 Å². The normalized spacial score (nSPS) is 9.93. The number of nitro groups is 1. The summed E-state index contributed by atoms with van der Waals surface area (Å²) in [5.74, 6) is 0.481. The zero-order chi connectivity index (χ0) is 10.9. The van der Waals surface area contributed by atoms with Crippen molar-refractivity contribution in [3.05, 3.63) is 20.7 Å². The Morgan fingerprint density at radius 2 is 2.21 bits per heavy atom. The largest absolute Gasteiger partial charge is 0.378 e. The van der Waals surface area contributed by atoms with Gasteiger partial charge in [-0.1, -0.05) is 0 Å². The summed E-state index contributed by atoms with van der Waals surface area (Å²) in [6, 6.07) is 1.34. The summed E-state index contributed by atoms with van der Waals surface area (Å²) in [7, 11) is 3.55. The van der Waals surface area contributed by atoms with Crippen molar-refractivity contribution in [3.8, 4) is 0 Å². The molecule has 0 saturated heterocycles. The van der Waals surface area contributed by atoms with Gasteiger partial charge >= 0.3 is 5.69 Å². The first-order valence-corrected chi connectivity index (χ1v) is 4.50. The number of rotatable bonds is 2. The highest BCUT2D eigenvalue weighted by molar-refractivity contribution is 9.10. The van der Waals surface area contributed by atoms with Crippen LogP contribution in [-0.4, -0.2) is 24.0 Å². The molecule has 0 amide bonds. The van der Waals surface area contributed by atoms with E-state index in [0.29, 0.717) is 10.3 Å². The molecule has 0 spiro atoms. The van der Waals surface area contributed by atoms with E-state index >= 15 is 0 Å². The zero-order valence-electron chi connectivity index (χ0n) is 7.69. The molecule has 0 aliphatic carbocycles. The van der Waals surface area contributed by atoms with E-state index in [1.807, 2.05) is 0 Å². The highest BCUT2D eigenvalue weighted by atomic mass is 79.9. The van der Waals surface area contributed by atoms with Gasteiger partial charge < -0.3 is 10.6 Å². The minimum atomic E-state index is -0.563. The second-order valence-corrected chi connectivity index (χ2v) is 3.70. The Balaban J connectivity index is 3.31. The van der Waals surface area contributed by atoms with Crippen molar-refractivity contribution in [2.45, 2.75) is 0 Å². The van der Waals surface area contributed by atoms with Crippen LogP contribution in [0.25, 0.3) is 0 Å². The molecule has 1 aromatic rings. The summed E-state index contributed by atoms with van der Waals surface area (Å²) < 4.78 is 0.545. The molecule has 7 heteroatoms. The van der Waals surface area contributed by atoms with E-state index < -0.39 is 4.92 Å². The average Bonchev–Trinajstić information content (AvgIpc) is 2.07. The van der Waals surface area contributed by atoms with Crippen LogP contribution in [0.4, 0.5) is 17.3 Å². The first-order valence-electron chi connectivity index (χ1n) is 3.71. The summed E-state index contributed by atoms with van der Waals surface area (Å²) in [6.45, 7) is 0. The molecule has 0 aliphatic heterocycles. The Morgan fingerprint density at radius 1 is 1.64 bits per heavy atom. The number of nitrogens with two attached hydrogens (primary N) is 1. The maximum absolute atomic E-state index is 10.5. The predicted molar refractivity (Wildman–Crippen MR) is 57.3 cm³/mol. The van der Waals surface area contributed by atoms with Crippen molar-refractivity contribution in [2.24, 2.45) is 0 Å². The van der Waals surface area contributed by atoms with E-state index in [9.17, 15) is 10.1 Å². The van der Waals surface area contributed by atoms with E-state index in [1.54, 1.807) is 19.0 Å². The topological polar surface area (TPSA) is 85.3 Å². The lowest BCUT2D eigenvalue weighted by Crippen LogP contribution is -2.13. The minimum absolute atomic E-state index is 0.0816. The lowest BCUT2D eigenvalue weighted by molar-refractivity contribution is -0.384. The van der Waals surface area contributed by atoms with Crippen LogP contribution in [0.15, 0.2) is 10.5 Å². The maximum atomic E-state index is 10.5. The molecule has 1 heterocycles. The fourth-order valence-corrected chi connectivity index (χ4v) is 1.60. The van der Waals surface area contributed by atoms with Crippen LogP contribution in [0.3, 0.4) is 0 Å². The Hall–Kier alpha value is -1.37. The SMILES string of the molecule is CN(C)c1nc(N)c([N+](=O)[O-])cc1Br. The number of nitrogen functional groups attached to an aromatic ring is 1. The quantitative estimate of drug-likeness (QED) is 0.642. The third-order valence-electron chi connectivity index (χ3n) is 1.59. The van der Waals surface area contributed by atoms with Crippen LogP contribution in [0, 0.1) is 10.1 Å². The first-order chi connectivity index (χ1) is 6.43. The number of pyridine rings is 1. The standard InChI is InChI=1S/C7H9BrN4O2/c1-11(2)7-4(8)3-5(12(13)14)6(9)10-7/h3H,1-2H3,(H2,9,10). The van der Waals surface area contributed by atoms with Gasteiger partial charge in [-0.2, -0.15) is 0 Å². The van der Waals surface area contributed by atoms with Gasteiger partial charge in [0.25, 0.3) is 0 Å². The highest BCUT2D eigenvalue weighted by Gasteiger charge is 2.17. The average molecular weight is 261 g/mol. The molecule has 14 heavy (non-hydrogen) atoms. The fraction of sp³-hybridized carbons (Fsp3) is 0.286. The molecule has 0 aliphatic rings. The minimum Gasteiger partial charge on any atom is -0.378 e. The summed E-state index contributed by atoms with van der Waals surface area (Å²) in [6.07, 6.45) is 0. The lowest BCUT2D eigenvalue weighted by Gasteiger charge is -2.13. The molecule has 0 aromatic carbocycles. The molecule has 1 rings (SSSR count). The molecule has 76 valence electrons. The highest BCUT2D eigenvalue weighted by Crippen LogP contribution is 2.30. The Morgan fingerprint density at radius 3 is 2.64 bits per heavy atom. The number of hydrogen-bond donors (Lipinski definition) is 1. The predicted octanol–water partition coefficient (Wildman–Crippen LogP) is 1.40. The van der Waals surface area contributed by atoms with Crippen LogP contribution in [-0.2, 0) is 0 Å². The number of anilines is 2. The van der Waals surface area contributed by atoms with Gasteiger partial charge in [-0.05, 0) is 15.9 Å². The van der Waals surface area contributed by atoms with E-state index in [-0.39, 0.29) is 11.5 Å². The number of aromatic nitrogens is 1. The third-order valence-corrected chi connectivity index (χ3v) is 2.17. The van der Waals surface area contributed by atoms with E-state index in [2.05, 4.69) is 20.9 Å². The molecule has 0 unspecified atom stereocenters. The van der Waals surface area contributed by atoms with Crippen LogP contribution in [0.2, 0.25) is 0 Å². The Bertz CT molecular complexity index is 380. The van der Waals surface area contributed by atoms with Crippen LogP contribution in [0.1, 0.15) is 0 Å². The van der Waals surface area contributed by atoms with Crippen molar-refractivity contribution in [2.75, 3.05) is 24.7 Å². The third kappa shape index (κ3) is 1.92. The van der Waals surface area contributed by atoms with Crippen molar-refractivity contribution < 1.29 is 4.92 Å². The van der Waals surface area contributed by atoms with Gasteiger partial charge in [-0.15, -0.1) is 0 Å². The van der Waals surface area contributed by atoms with Crippen molar-refractivity contribution in [1.82, 2.24) is 4.98 Å². The molecular weight excluding hydrogens is 252 g/mol. The fourth-order valence-electron chi connectivity index (χ4n) is 0.943. The molecule has 0 bridgehead atoms. The Kier molecular flexibility index (Phi) is 2.90. The van der Waals surface area contributed by atoms with Crippen LogP contribution < -0.4 is 10.6 Å². The molecule has 0 radical (unpaired) electrons. The van der Waals surface area contributed by atoms with Crippen molar-refractivity contribution in [1.29, 1.82) is 0 Å². The maximum Gasteiger partial charge on any atom is 0.312 e. The number of halogens is 1. The number of hydrogen-bond acceptors (Lipinski definition) is 5. The van der Waals surface area contributed by atoms with Crippen molar-refractivity contribution >= 4 is 33.3 Å². The van der Waals surface area contributed by atoms with Gasteiger partial charge in [0.1, 0.15) is 5.82 Å².